The van der Waals surface area contributed by atoms with Gasteiger partial charge in [-0.3, -0.25) is 0 Å². The number of primary sulfonamides is 1. The second-order valence-corrected chi connectivity index (χ2v) is 5.16. The van der Waals surface area contributed by atoms with Crippen LogP contribution in [0.2, 0.25) is 0 Å². The van der Waals surface area contributed by atoms with Crippen molar-refractivity contribution < 1.29 is 22.3 Å². The highest BCUT2D eigenvalue weighted by Crippen LogP contribution is 2.20. The molecule has 1 aromatic carbocycles. The van der Waals surface area contributed by atoms with Crippen molar-refractivity contribution in [1.82, 2.24) is 0 Å². The van der Waals surface area contributed by atoms with Crippen LogP contribution in [0.5, 0.6) is 5.75 Å². The molecule has 0 aliphatic heterocycles. The molecule has 0 amide bonds. The summed E-state index contributed by atoms with van der Waals surface area (Å²) in [6.07, 6.45) is 0.900. The fraction of sp³-hybridized carbons (Fsp3) is 0.455. The van der Waals surface area contributed by atoms with Crippen LogP contribution < -0.4 is 9.88 Å². The second-order valence-electron chi connectivity index (χ2n) is 3.60. The van der Waals surface area contributed by atoms with Gasteiger partial charge in [-0.25, -0.2) is 17.9 Å². The van der Waals surface area contributed by atoms with Gasteiger partial charge in [-0.1, -0.05) is 6.92 Å². The van der Waals surface area contributed by atoms with Gasteiger partial charge in [-0.2, -0.15) is 0 Å². The molecule has 18 heavy (non-hydrogen) atoms. The average molecular weight is 277 g/mol. The van der Waals surface area contributed by atoms with Gasteiger partial charge in [0.2, 0.25) is 10.0 Å². The maximum atomic E-state index is 13.5. The van der Waals surface area contributed by atoms with Gasteiger partial charge in [0.1, 0.15) is 6.61 Å². The number of halogens is 1. The van der Waals surface area contributed by atoms with Gasteiger partial charge in [-0.15, -0.1) is 0 Å². The third-order valence-corrected chi connectivity index (χ3v) is 2.98. The van der Waals surface area contributed by atoms with E-state index in [-0.39, 0.29) is 17.3 Å². The summed E-state index contributed by atoms with van der Waals surface area (Å²) in [5.74, 6) is -0.792. The quantitative estimate of drug-likeness (QED) is 0.761. The molecule has 0 heterocycles. The lowest BCUT2D eigenvalue weighted by atomic mass is 10.3. The molecule has 5 nitrogen and oxygen atoms in total. The lowest BCUT2D eigenvalue weighted by Crippen LogP contribution is -2.13. The maximum Gasteiger partial charge on any atom is 0.238 e. The van der Waals surface area contributed by atoms with Crippen molar-refractivity contribution in [3.05, 3.63) is 24.0 Å². The van der Waals surface area contributed by atoms with Crippen molar-refractivity contribution >= 4 is 10.0 Å². The zero-order chi connectivity index (χ0) is 13.6. The van der Waals surface area contributed by atoms with Gasteiger partial charge < -0.3 is 9.47 Å². The van der Waals surface area contributed by atoms with Crippen LogP contribution in [0.15, 0.2) is 23.1 Å². The number of benzene rings is 1. The van der Waals surface area contributed by atoms with Crippen molar-refractivity contribution in [3.8, 4) is 5.75 Å². The molecule has 1 aromatic rings. The Hall–Kier alpha value is -1.18. The molecule has 0 bridgehead atoms. The maximum absolute atomic E-state index is 13.5. The van der Waals surface area contributed by atoms with E-state index in [1.807, 2.05) is 6.92 Å². The van der Waals surface area contributed by atoms with Gasteiger partial charge in [0.05, 0.1) is 11.5 Å². The van der Waals surface area contributed by atoms with Crippen LogP contribution in [0.1, 0.15) is 13.3 Å². The summed E-state index contributed by atoms with van der Waals surface area (Å²) in [6, 6.07) is 3.26. The predicted molar refractivity (Wildman–Crippen MR) is 64.4 cm³/mol. The summed E-state index contributed by atoms with van der Waals surface area (Å²) in [4.78, 5) is -0.283. The minimum Gasteiger partial charge on any atom is -0.488 e. The third-order valence-electron chi connectivity index (χ3n) is 2.07. The zero-order valence-electron chi connectivity index (χ0n) is 10.1. The normalized spacial score (nSPS) is 11.5. The number of hydrogen-bond donors (Lipinski definition) is 1. The van der Waals surface area contributed by atoms with Crippen molar-refractivity contribution in [1.29, 1.82) is 0 Å². The minimum absolute atomic E-state index is 0.0255. The van der Waals surface area contributed by atoms with E-state index in [2.05, 4.69) is 0 Å². The van der Waals surface area contributed by atoms with E-state index in [1.165, 1.54) is 12.1 Å². The first kappa shape index (κ1) is 14.9. The standard InChI is InChI=1S/C11H16FNO4S/c1-2-5-16-6-7-17-11-4-3-9(8-10(11)12)18(13,14)15/h3-4,8H,2,5-7H2,1H3,(H2,13,14,15). The monoisotopic (exact) mass is 277 g/mol. The first-order valence-corrected chi connectivity index (χ1v) is 7.02. The fourth-order valence-corrected chi connectivity index (χ4v) is 1.76. The molecular formula is C11H16FNO4S. The first-order valence-electron chi connectivity index (χ1n) is 5.48. The van der Waals surface area contributed by atoms with Gasteiger partial charge in [0.25, 0.3) is 0 Å². The summed E-state index contributed by atoms with van der Waals surface area (Å²) in [7, 11) is -3.89. The Morgan fingerprint density at radius 2 is 2.00 bits per heavy atom. The molecule has 0 aliphatic rings. The van der Waals surface area contributed by atoms with Crippen LogP contribution in [0.25, 0.3) is 0 Å². The Morgan fingerprint density at radius 3 is 2.56 bits per heavy atom. The van der Waals surface area contributed by atoms with Crippen LogP contribution in [0.4, 0.5) is 4.39 Å². The van der Waals surface area contributed by atoms with Crippen LogP contribution >= 0.6 is 0 Å². The van der Waals surface area contributed by atoms with E-state index in [0.29, 0.717) is 13.2 Å². The Morgan fingerprint density at radius 1 is 1.28 bits per heavy atom. The average Bonchev–Trinajstić information content (AvgIpc) is 2.29. The first-order chi connectivity index (χ1) is 8.45. The number of ether oxygens (including phenoxy) is 2. The predicted octanol–water partition coefficient (Wildman–Crippen LogP) is 1.28. The van der Waals surface area contributed by atoms with E-state index in [0.717, 1.165) is 12.5 Å². The molecule has 7 heteroatoms. The van der Waals surface area contributed by atoms with E-state index in [4.69, 9.17) is 14.6 Å². The number of hydrogen-bond acceptors (Lipinski definition) is 4. The van der Waals surface area contributed by atoms with E-state index >= 15 is 0 Å². The Bertz CT molecular complexity index is 490. The topological polar surface area (TPSA) is 78.6 Å². The van der Waals surface area contributed by atoms with Crippen molar-refractivity contribution in [2.24, 2.45) is 5.14 Å². The summed E-state index contributed by atoms with van der Waals surface area (Å²) in [5.41, 5.74) is 0. The molecule has 0 radical (unpaired) electrons. The number of nitrogens with two attached hydrogens (primary N) is 1. The highest BCUT2D eigenvalue weighted by Gasteiger charge is 2.12. The molecule has 0 spiro atoms. The molecule has 0 atom stereocenters. The lowest BCUT2D eigenvalue weighted by molar-refractivity contribution is 0.0991. The zero-order valence-corrected chi connectivity index (χ0v) is 10.9. The smallest absolute Gasteiger partial charge is 0.238 e. The van der Waals surface area contributed by atoms with E-state index < -0.39 is 15.8 Å². The van der Waals surface area contributed by atoms with Crippen LogP contribution in [-0.2, 0) is 14.8 Å². The van der Waals surface area contributed by atoms with Crippen LogP contribution in [-0.4, -0.2) is 28.2 Å². The van der Waals surface area contributed by atoms with Gasteiger partial charge in [0.15, 0.2) is 11.6 Å². The molecule has 0 saturated heterocycles. The Kier molecular flexibility index (Phi) is 5.52. The SMILES string of the molecule is CCCOCCOc1ccc(S(N)(=O)=O)cc1F. The summed E-state index contributed by atoms with van der Waals surface area (Å²) < 4.78 is 45.7. The number of rotatable bonds is 7. The van der Waals surface area contributed by atoms with Gasteiger partial charge in [-0.05, 0) is 24.6 Å². The number of sulfonamides is 1. The highest BCUT2D eigenvalue weighted by atomic mass is 32.2. The van der Waals surface area contributed by atoms with Crippen molar-refractivity contribution in [2.45, 2.75) is 18.2 Å². The molecule has 0 saturated carbocycles. The second kappa shape index (κ2) is 6.67. The van der Waals surface area contributed by atoms with Crippen LogP contribution in [0.3, 0.4) is 0 Å². The molecule has 102 valence electrons. The largest absolute Gasteiger partial charge is 0.488 e. The minimum atomic E-state index is -3.89. The molecule has 0 unspecified atom stereocenters. The summed E-state index contributed by atoms with van der Waals surface area (Å²) >= 11 is 0. The van der Waals surface area contributed by atoms with E-state index in [9.17, 15) is 12.8 Å². The molecule has 2 N–H and O–H groups in total. The van der Waals surface area contributed by atoms with Crippen LogP contribution in [0, 0.1) is 5.82 Å². The molecule has 0 aromatic heterocycles. The summed E-state index contributed by atoms with van der Waals surface area (Å²) in [6.45, 7) is 3.15. The third kappa shape index (κ3) is 4.59. The fourth-order valence-electron chi connectivity index (χ4n) is 1.23. The molecule has 0 fully saturated rings. The molecule has 1 rings (SSSR count). The molecule has 0 aliphatic carbocycles. The Balaban J connectivity index is 2.58. The van der Waals surface area contributed by atoms with Gasteiger partial charge >= 0.3 is 0 Å². The lowest BCUT2D eigenvalue weighted by Gasteiger charge is -2.08. The highest BCUT2D eigenvalue weighted by molar-refractivity contribution is 7.89. The van der Waals surface area contributed by atoms with Crippen molar-refractivity contribution in [3.63, 3.8) is 0 Å². The summed E-state index contributed by atoms with van der Waals surface area (Å²) in [5, 5.41) is 4.88. The van der Waals surface area contributed by atoms with E-state index in [1.54, 1.807) is 0 Å². The van der Waals surface area contributed by atoms with Crippen molar-refractivity contribution in [2.75, 3.05) is 19.8 Å². The molecular weight excluding hydrogens is 261 g/mol. The van der Waals surface area contributed by atoms with Gasteiger partial charge in [0, 0.05) is 6.61 Å². The Labute approximate surface area is 106 Å².